The summed E-state index contributed by atoms with van der Waals surface area (Å²) in [6.07, 6.45) is 11.5. The van der Waals surface area contributed by atoms with Crippen LogP contribution in [0.25, 0.3) is 0 Å². The van der Waals surface area contributed by atoms with E-state index in [1.807, 2.05) is 60.7 Å². The van der Waals surface area contributed by atoms with Crippen LogP contribution in [0.5, 0.6) is 0 Å². The highest BCUT2D eigenvalue weighted by Crippen LogP contribution is 2.51. The Balaban J connectivity index is 1.17. The Kier molecular flexibility index (Phi) is 4.44. The molecule has 0 N–H and O–H groups in total. The number of anilines is 1. The van der Waals surface area contributed by atoms with Gasteiger partial charge in [0.2, 0.25) is 0 Å². The predicted octanol–water partition coefficient (Wildman–Crippen LogP) is 5.49. The zero-order chi connectivity index (χ0) is 20.8. The van der Waals surface area contributed by atoms with Crippen molar-refractivity contribution in [2.24, 2.45) is 23.7 Å². The number of fused-ring (bicyclic) bond motifs is 5. The fourth-order valence-corrected chi connectivity index (χ4v) is 5.79. The van der Waals surface area contributed by atoms with Crippen LogP contribution in [0.3, 0.4) is 0 Å². The fourth-order valence-electron chi connectivity index (χ4n) is 5.79. The number of allylic oxidation sites excluding steroid dienone is 3. The summed E-state index contributed by atoms with van der Waals surface area (Å²) < 4.78 is 5.94. The molecule has 0 aromatic heterocycles. The summed E-state index contributed by atoms with van der Waals surface area (Å²) in [5, 5.41) is 0. The highest BCUT2D eigenvalue weighted by Gasteiger charge is 2.49. The maximum atomic E-state index is 13.0. The maximum absolute atomic E-state index is 13.0. The molecule has 1 saturated carbocycles. The highest BCUT2D eigenvalue weighted by molar-refractivity contribution is 5.90. The van der Waals surface area contributed by atoms with E-state index in [1.165, 1.54) is 12.1 Å². The molecule has 1 aliphatic heterocycles. The maximum Gasteiger partial charge on any atom is 0.339 e. The van der Waals surface area contributed by atoms with Gasteiger partial charge in [0.15, 0.2) is 6.10 Å². The number of carbonyl (C=O) groups excluding carboxylic acids is 1. The monoisotopic (exact) mass is 407 g/mol. The van der Waals surface area contributed by atoms with Crippen LogP contribution in [-0.4, -0.2) is 19.1 Å². The van der Waals surface area contributed by atoms with Crippen LogP contribution in [0.4, 0.5) is 5.69 Å². The van der Waals surface area contributed by atoms with Crippen molar-refractivity contribution >= 4 is 11.7 Å². The van der Waals surface area contributed by atoms with Crippen molar-refractivity contribution in [1.82, 2.24) is 0 Å². The molecule has 31 heavy (non-hydrogen) atoms. The first kappa shape index (κ1) is 18.5. The number of ether oxygens (including phenoxy) is 1. The van der Waals surface area contributed by atoms with E-state index in [9.17, 15) is 4.79 Å². The van der Waals surface area contributed by atoms with Crippen molar-refractivity contribution < 1.29 is 9.53 Å². The van der Waals surface area contributed by atoms with Crippen molar-refractivity contribution in [3.8, 4) is 0 Å². The molecule has 3 heteroatoms. The van der Waals surface area contributed by atoms with Crippen LogP contribution >= 0.6 is 0 Å². The molecular weight excluding hydrogens is 382 g/mol. The van der Waals surface area contributed by atoms with Gasteiger partial charge in [-0.2, -0.15) is 0 Å². The van der Waals surface area contributed by atoms with Gasteiger partial charge in [-0.3, -0.25) is 0 Å². The Morgan fingerprint density at radius 2 is 1.68 bits per heavy atom. The fraction of sp³-hybridized carbons (Fsp3) is 0.286. The summed E-state index contributed by atoms with van der Waals surface area (Å²) in [5.41, 5.74) is 6.78. The van der Waals surface area contributed by atoms with Crippen LogP contribution in [0.2, 0.25) is 0 Å². The summed E-state index contributed by atoms with van der Waals surface area (Å²) in [6.45, 7) is 2.26. The minimum atomic E-state index is -0.454. The van der Waals surface area contributed by atoms with Gasteiger partial charge in [0.1, 0.15) is 0 Å². The molecule has 0 spiro atoms. The van der Waals surface area contributed by atoms with Crippen LogP contribution < -0.4 is 4.90 Å². The summed E-state index contributed by atoms with van der Waals surface area (Å²) in [4.78, 5) is 15.4. The first-order valence-corrected chi connectivity index (χ1v) is 11.2. The lowest BCUT2D eigenvalue weighted by Crippen LogP contribution is -2.22. The summed E-state index contributed by atoms with van der Waals surface area (Å²) in [7, 11) is 0. The van der Waals surface area contributed by atoms with E-state index >= 15 is 0 Å². The average molecular weight is 408 g/mol. The number of esters is 1. The van der Waals surface area contributed by atoms with Crippen molar-refractivity contribution in [1.29, 1.82) is 0 Å². The third-order valence-electron chi connectivity index (χ3n) is 7.36. The number of benzene rings is 2. The lowest BCUT2D eigenvalue weighted by molar-refractivity contribution is 0.0377. The lowest BCUT2D eigenvalue weighted by atomic mass is 9.86. The van der Waals surface area contributed by atoms with Gasteiger partial charge in [-0.05, 0) is 72.1 Å². The van der Waals surface area contributed by atoms with E-state index in [4.69, 9.17) is 4.74 Å². The number of hydrogen-bond acceptors (Lipinski definition) is 3. The van der Waals surface area contributed by atoms with Crippen molar-refractivity contribution in [2.45, 2.75) is 12.5 Å². The third-order valence-corrected chi connectivity index (χ3v) is 7.36. The number of nitrogens with zero attached hydrogens (tertiary/aromatic N) is 1. The molecule has 4 aliphatic rings. The SMILES string of the molecule is O=C(OC(C1=C=CC=C1)c1ccccc1)c1ccc(N2C[C@@H]3[C@H](C2)[C@@H]2C=C[C@H]3C2)cc1. The van der Waals surface area contributed by atoms with Gasteiger partial charge >= 0.3 is 5.97 Å². The smallest absolute Gasteiger partial charge is 0.339 e. The Morgan fingerprint density at radius 1 is 0.968 bits per heavy atom. The van der Waals surface area contributed by atoms with Crippen LogP contribution in [0.1, 0.15) is 28.4 Å². The van der Waals surface area contributed by atoms with Gasteiger partial charge in [0.05, 0.1) is 5.56 Å². The predicted molar refractivity (Wildman–Crippen MR) is 122 cm³/mol. The van der Waals surface area contributed by atoms with Gasteiger partial charge in [-0.25, -0.2) is 4.79 Å². The Bertz CT molecular complexity index is 1100. The Hall–Kier alpha value is -3.29. The van der Waals surface area contributed by atoms with Crippen LogP contribution in [-0.2, 0) is 4.74 Å². The number of rotatable bonds is 5. The first-order valence-electron chi connectivity index (χ1n) is 11.2. The molecule has 3 nitrogen and oxygen atoms in total. The van der Waals surface area contributed by atoms with Gasteiger partial charge < -0.3 is 9.64 Å². The zero-order valence-electron chi connectivity index (χ0n) is 17.4. The second kappa shape index (κ2) is 7.44. The van der Waals surface area contributed by atoms with Gasteiger partial charge in [-0.15, -0.1) is 5.73 Å². The normalized spacial score (nSPS) is 28.1. The third kappa shape index (κ3) is 3.26. The van der Waals surface area contributed by atoms with Crippen LogP contribution in [0, 0.1) is 23.7 Å². The molecule has 2 fully saturated rings. The molecule has 1 unspecified atom stereocenters. The topological polar surface area (TPSA) is 29.5 Å². The average Bonchev–Trinajstić information content (AvgIpc) is 3.60. The molecule has 5 atom stereocenters. The molecule has 2 aromatic rings. The lowest BCUT2D eigenvalue weighted by Gasteiger charge is -2.21. The molecular formula is C28H25NO2. The quantitative estimate of drug-likeness (QED) is 0.373. The number of carbonyl (C=O) groups is 1. The molecule has 2 aromatic carbocycles. The minimum Gasteiger partial charge on any atom is -0.448 e. The van der Waals surface area contributed by atoms with Gasteiger partial charge in [0, 0.05) is 24.4 Å². The first-order chi connectivity index (χ1) is 15.3. The Labute approximate surface area is 183 Å². The van der Waals surface area contributed by atoms with E-state index < -0.39 is 6.10 Å². The molecule has 2 bridgehead atoms. The van der Waals surface area contributed by atoms with Crippen LogP contribution in [0.15, 0.2) is 96.3 Å². The largest absolute Gasteiger partial charge is 0.448 e. The number of hydrogen-bond donors (Lipinski definition) is 0. The summed E-state index contributed by atoms with van der Waals surface area (Å²) >= 11 is 0. The van der Waals surface area contributed by atoms with Crippen molar-refractivity contribution in [3.63, 3.8) is 0 Å². The molecule has 0 radical (unpaired) electrons. The molecule has 1 saturated heterocycles. The minimum absolute atomic E-state index is 0.310. The van der Waals surface area contributed by atoms with E-state index in [0.717, 1.165) is 47.9 Å². The molecule has 6 rings (SSSR count). The molecule has 1 heterocycles. The summed E-state index contributed by atoms with van der Waals surface area (Å²) in [5.74, 6) is 2.84. The van der Waals surface area contributed by atoms with Crippen molar-refractivity contribution in [3.05, 3.63) is 107 Å². The Morgan fingerprint density at radius 3 is 2.32 bits per heavy atom. The second-order valence-corrected chi connectivity index (χ2v) is 9.05. The van der Waals surface area contributed by atoms with Gasteiger partial charge in [-0.1, -0.05) is 48.6 Å². The van der Waals surface area contributed by atoms with E-state index in [2.05, 4.69) is 34.9 Å². The van der Waals surface area contributed by atoms with E-state index in [0.29, 0.717) is 5.56 Å². The van der Waals surface area contributed by atoms with E-state index in [1.54, 1.807) is 0 Å². The zero-order valence-corrected chi connectivity index (χ0v) is 17.4. The standard InChI is InChI=1S/C28H25NO2/c30-28(31-27(20-8-4-5-9-20)19-6-2-1-3-7-19)21-12-14-24(15-13-21)29-17-25-22-10-11-23(16-22)26(25)18-29/h1-8,10-15,22-23,25-27H,16-18H2/t22-,23+,25-,26+,27?. The molecule has 3 aliphatic carbocycles. The molecule has 154 valence electrons. The van der Waals surface area contributed by atoms with E-state index in [-0.39, 0.29) is 5.97 Å². The summed E-state index contributed by atoms with van der Waals surface area (Å²) in [6, 6.07) is 17.8. The molecule has 0 amide bonds. The second-order valence-electron chi connectivity index (χ2n) is 9.05. The van der Waals surface area contributed by atoms with Crippen molar-refractivity contribution in [2.75, 3.05) is 18.0 Å². The highest BCUT2D eigenvalue weighted by atomic mass is 16.5. The van der Waals surface area contributed by atoms with Gasteiger partial charge in [0.25, 0.3) is 0 Å².